The smallest absolute Gasteiger partial charge is 0.189 e. The van der Waals surface area contributed by atoms with E-state index < -0.39 is 0 Å². The molecule has 1 aromatic heterocycles. The van der Waals surface area contributed by atoms with E-state index in [1.54, 1.807) is 11.8 Å². The van der Waals surface area contributed by atoms with Gasteiger partial charge in [-0.1, -0.05) is 48.5 Å². The molecule has 0 fully saturated rings. The summed E-state index contributed by atoms with van der Waals surface area (Å²) in [7, 11) is 0. The third-order valence-corrected chi connectivity index (χ3v) is 4.08. The van der Waals surface area contributed by atoms with Gasteiger partial charge in [0.15, 0.2) is 5.16 Å². The topological polar surface area (TPSA) is 75.6 Å². The summed E-state index contributed by atoms with van der Waals surface area (Å²) >= 11 is 1.57. The van der Waals surface area contributed by atoms with Crippen LogP contribution in [0.3, 0.4) is 0 Å². The molecule has 0 amide bonds. The second-order valence-corrected chi connectivity index (χ2v) is 5.90. The fourth-order valence-corrected chi connectivity index (χ4v) is 2.63. The maximum Gasteiger partial charge on any atom is 0.189 e. The lowest BCUT2D eigenvalue weighted by Gasteiger charge is -2.08. The maximum absolute atomic E-state index is 9.27. The van der Waals surface area contributed by atoms with E-state index in [1.807, 2.05) is 19.1 Å². The van der Waals surface area contributed by atoms with Crippen LogP contribution in [0.25, 0.3) is 0 Å². The fourth-order valence-electron chi connectivity index (χ4n) is 1.91. The third-order valence-electron chi connectivity index (χ3n) is 3.03. The standard InChI is InChI=1S/C16H18N4S/c1-3-8-21-16-19-14(13(10-17)15(18)20-16)9-12-6-4-11(2)5-7-12/h4-7H,3,8-9H2,1-2H3,(H2,18,19,20). The average Bonchev–Trinajstić information content (AvgIpc) is 2.47. The highest BCUT2D eigenvalue weighted by molar-refractivity contribution is 7.99. The number of hydrogen-bond acceptors (Lipinski definition) is 5. The SMILES string of the molecule is CCCSc1nc(N)c(C#N)c(Cc2ccc(C)cc2)n1. The summed E-state index contributed by atoms with van der Waals surface area (Å²) in [6.45, 7) is 4.15. The normalized spacial score (nSPS) is 10.3. The van der Waals surface area contributed by atoms with Gasteiger partial charge in [0.1, 0.15) is 17.5 Å². The summed E-state index contributed by atoms with van der Waals surface area (Å²) < 4.78 is 0. The number of nitrogens with zero attached hydrogens (tertiary/aromatic N) is 3. The van der Waals surface area contributed by atoms with Crippen molar-refractivity contribution in [3.8, 4) is 6.07 Å². The number of thioether (sulfide) groups is 1. The number of nitrogens with two attached hydrogens (primary N) is 1. The first-order valence-electron chi connectivity index (χ1n) is 6.89. The summed E-state index contributed by atoms with van der Waals surface area (Å²) in [6, 6.07) is 10.3. The number of hydrogen-bond donors (Lipinski definition) is 1. The Hall–Kier alpha value is -2.06. The van der Waals surface area contributed by atoms with Crippen molar-refractivity contribution in [2.24, 2.45) is 0 Å². The summed E-state index contributed by atoms with van der Waals surface area (Å²) in [5, 5.41) is 9.92. The van der Waals surface area contributed by atoms with Crippen LogP contribution in [0.2, 0.25) is 0 Å². The van der Waals surface area contributed by atoms with Gasteiger partial charge < -0.3 is 5.73 Å². The number of benzene rings is 1. The quantitative estimate of drug-likeness (QED) is 0.677. The Kier molecular flexibility index (Phi) is 5.18. The molecular weight excluding hydrogens is 280 g/mol. The second-order valence-electron chi connectivity index (χ2n) is 4.84. The molecule has 4 nitrogen and oxygen atoms in total. The molecule has 0 spiro atoms. The summed E-state index contributed by atoms with van der Waals surface area (Å²) in [4.78, 5) is 8.71. The Morgan fingerprint density at radius 2 is 1.95 bits per heavy atom. The van der Waals surface area contributed by atoms with Gasteiger partial charge in [-0.2, -0.15) is 5.26 Å². The minimum Gasteiger partial charge on any atom is -0.382 e. The van der Waals surface area contributed by atoms with Crippen LogP contribution >= 0.6 is 11.8 Å². The largest absolute Gasteiger partial charge is 0.382 e. The molecular formula is C16H18N4S. The van der Waals surface area contributed by atoms with Crippen LogP contribution in [0.4, 0.5) is 5.82 Å². The minimum atomic E-state index is 0.271. The highest BCUT2D eigenvalue weighted by atomic mass is 32.2. The monoisotopic (exact) mass is 298 g/mol. The van der Waals surface area contributed by atoms with Gasteiger partial charge in [0.25, 0.3) is 0 Å². The van der Waals surface area contributed by atoms with Gasteiger partial charge in [-0.3, -0.25) is 0 Å². The number of nitriles is 1. The molecule has 5 heteroatoms. The van der Waals surface area contributed by atoms with Gasteiger partial charge in [-0.05, 0) is 18.9 Å². The third kappa shape index (κ3) is 3.96. The molecule has 2 aromatic rings. The highest BCUT2D eigenvalue weighted by Crippen LogP contribution is 2.22. The van der Waals surface area contributed by atoms with E-state index in [-0.39, 0.29) is 5.82 Å². The molecule has 1 heterocycles. The van der Waals surface area contributed by atoms with Crippen molar-refractivity contribution < 1.29 is 0 Å². The van der Waals surface area contributed by atoms with E-state index in [0.717, 1.165) is 17.7 Å². The van der Waals surface area contributed by atoms with Crippen molar-refractivity contribution in [2.45, 2.75) is 31.8 Å². The summed E-state index contributed by atoms with van der Waals surface area (Å²) in [6.07, 6.45) is 1.64. The maximum atomic E-state index is 9.27. The van der Waals surface area contributed by atoms with E-state index in [4.69, 9.17) is 5.73 Å². The Morgan fingerprint density at radius 3 is 2.57 bits per heavy atom. The zero-order valence-corrected chi connectivity index (χ0v) is 13.1. The Bertz CT molecular complexity index is 659. The Balaban J connectivity index is 2.33. The minimum absolute atomic E-state index is 0.271. The molecule has 0 bridgehead atoms. The van der Waals surface area contributed by atoms with E-state index in [2.05, 4.69) is 35.1 Å². The van der Waals surface area contributed by atoms with E-state index >= 15 is 0 Å². The first-order chi connectivity index (χ1) is 10.1. The molecule has 0 saturated heterocycles. The zero-order chi connectivity index (χ0) is 15.2. The van der Waals surface area contributed by atoms with Crippen LogP contribution in [0.5, 0.6) is 0 Å². The van der Waals surface area contributed by atoms with E-state index in [0.29, 0.717) is 22.8 Å². The van der Waals surface area contributed by atoms with Crippen molar-refractivity contribution in [1.82, 2.24) is 9.97 Å². The summed E-state index contributed by atoms with van der Waals surface area (Å²) in [5.74, 6) is 1.21. The van der Waals surface area contributed by atoms with Crippen molar-refractivity contribution in [3.63, 3.8) is 0 Å². The molecule has 2 rings (SSSR count). The number of anilines is 1. The van der Waals surface area contributed by atoms with Gasteiger partial charge in [-0.15, -0.1) is 0 Å². The molecule has 21 heavy (non-hydrogen) atoms. The van der Waals surface area contributed by atoms with Gasteiger partial charge >= 0.3 is 0 Å². The van der Waals surface area contributed by atoms with Crippen molar-refractivity contribution in [2.75, 3.05) is 11.5 Å². The zero-order valence-electron chi connectivity index (χ0n) is 12.3. The first-order valence-corrected chi connectivity index (χ1v) is 7.87. The number of rotatable bonds is 5. The molecule has 0 unspecified atom stereocenters. The van der Waals surface area contributed by atoms with Gasteiger partial charge in [0.05, 0.1) is 5.69 Å². The first kappa shape index (κ1) is 15.3. The lowest BCUT2D eigenvalue weighted by Crippen LogP contribution is -2.06. The van der Waals surface area contributed by atoms with Crippen LogP contribution in [0.1, 0.15) is 35.7 Å². The molecule has 0 saturated carbocycles. The van der Waals surface area contributed by atoms with Crippen molar-refractivity contribution >= 4 is 17.6 Å². The lowest BCUT2D eigenvalue weighted by molar-refractivity contribution is 0.900. The van der Waals surface area contributed by atoms with Gasteiger partial charge in [-0.25, -0.2) is 9.97 Å². The molecule has 0 atom stereocenters. The summed E-state index contributed by atoms with van der Waals surface area (Å²) in [5.41, 5.74) is 9.30. The number of aromatic nitrogens is 2. The predicted molar refractivity (Wildman–Crippen MR) is 86.2 cm³/mol. The van der Waals surface area contributed by atoms with Crippen LogP contribution in [0, 0.1) is 18.3 Å². The Labute approximate surface area is 129 Å². The van der Waals surface area contributed by atoms with Crippen molar-refractivity contribution in [1.29, 1.82) is 5.26 Å². The molecule has 0 radical (unpaired) electrons. The molecule has 0 aliphatic rings. The van der Waals surface area contributed by atoms with E-state index in [9.17, 15) is 5.26 Å². The van der Waals surface area contributed by atoms with Crippen LogP contribution in [-0.4, -0.2) is 15.7 Å². The molecule has 2 N–H and O–H groups in total. The van der Waals surface area contributed by atoms with Crippen LogP contribution in [0.15, 0.2) is 29.4 Å². The molecule has 0 aliphatic carbocycles. The molecule has 108 valence electrons. The van der Waals surface area contributed by atoms with Crippen LogP contribution in [-0.2, 0) is 6.42 Å². The molecule has 0 aliphatic heterocycles. The number of aryl methyl sites for hydroxylation is 1. The van der Waals surface area contributed by atoms with Gasteiger partial charge in [0.2, 0.25) is 0 Å². The fraction of sp³-hybridized carbons (Fsp3) is 0.312. The lowest BCUT2D eigenvalue weighted by atomic mass is 10.0. The predicted octanol–water partition coefficient (Wildman–Crippen LogP) is 3.33. The van der Waals surface area contributed by atoms with E-state index in [1.165, 1.54) is 5.56 Å². The van der Waals surface area contributed by atoms with Gasteiger partial charge in [0, 0.05) is 12.2 Å². The average molecular weight is 298 g/mol. The molecule has 1 aromatic carbocycles. The highest BCUT2D eigenvalue weighted by Gasteiger charge is 2.13. The number of nitrogen functional groups attached to an aromatic ring is 1. The van der Waals surface area contributed by atoms with Crippen molar-refractivity contribution in [3.05, 3.63) is 46.6 Å². The Morgan fingerprint density at radius 1 is 1.24 bits per heavy atom. The van der Waals surface area contributed by atoms with Crippen LogP contribution < -0.4 is 5.73 Å². The second kappa shape index (κ2) is 7.09.